The molecule has 1 heterocycles. The number of H-pyrrole nitrogens is 1. The maximum atomic E-state index is 5.68. The molecule has 90 valence electrons. The molecular formula is C13H17N3O. The van der Waals surface area contributed by atoms with Crippen LogP contribution in [0, 0.1) is 13.8 Å². The van der Waals surface area contributed by atoms with E-state index in [2.05, 4.69) is 24.0 Å². The Morgan fingerprint density at radius 1 is 1.24 bits per heavy atom. The summed E-state index contributed by atoms with van der Waals surface area (Å²) in [5, 5.41) is 6.97. The predicted molar refractivity (Wildman–Crippen MR) is 67.9 cm³/mol. The van der Waals surface area contributed by atoms with Gasteiger partial charge in [-0.25, -0.2) is 0 Å². The van der Waals surface area contributed by atoms with Crippen molar-refractivity contribution in [2.45, 2.75) is 20.4 Å². The number of rotatable bonds is 3. The number of aromatic nitrogens is 2. The van der Waals surface area contributed by atoms with Crippen LogP contribution in [0.5, 0.6) is 5.75 Å². The fraction of sp³-hybridized carbons (Fsp3) is 0.308. The van der Waals surface area contributed by atoms with Gasteiger partial charge >= 0.3 is 0 Å². The first kappa shape index (κ1) is 11.7. The zero-order valence-electron chi connectivity index (χ0n) is 10.4. The molecule has 0 aliphatic carbocycles. The van der Waals surface area contributed by atoms with Gasteiger partial charge in [0.15, 0.2) is 0 Å². The van der Waals surface area contributed by atoms with E-state index in [0.29, 0.717) is 6.54 Å². The number of aromatic amines is 1. The number of nitrogens with one attached hydrogen (secondary N) is 1. The molecular weight excluding hydrogens is 214 g/mol. The van der Waals surface area contributed by atoms with Crippen LogP contribution >= 0.6 is 0 Å². The van der Waals surface area contributed by atoms with Crippen LogP contribution in [0.3, 0.4) is 0 Å². The second kappa shape index (κ2) is 4.59. The maximum Gasteiger partial charge on any atom is 0.122 e. The number of ether oxygens (including phenoxy) is 1. The van der Waals surface area contributed by atoms with Gasteiger partial charge in [0.2, 0.25) is 0 Å². The SMILES string of the molecule is COc1ccc(-c2cn[nH]c2CN)c(C)c1C. The maximum absolute atomic E-state index is 5.68. The van der Waals surface area contributed by atoms with E-state index < -0.39 is 0 Å². The standard InChI is InChI=1S/C13H17N3O/c1-8-9(2)13(17-3)5-4-10(8)11-7-15-16-12(11)6-14/h4-5,7H,6,14H2,1-3H3,(H,15,16). The largest absolute Gasteiger partial charge is 0.496 e. The molecule has 3 N–H and O–H groups in total. The van der Waals surface area contributed by atoms with E-state index in [0.717, 1.165) is 28.1 Å². The van der Waals surface area contributed by atoms with E-state index in [1.807, 2.05) is 18.3 Å². The molecule has 1 aromatic carbocycles. The molecule has 0 spiro atoms. The Bertz CT molecular complexity index is 531. The lowest BCUT2D eigenvalue weighted by Gasteiger charge is -2.12. The minimum absolute atomic E-state index is 0.458. The highest BCUT2D eigenvalue weighted by Gasteiger charge is 2.12. The van der Waals surface area contributed by atoms with Crippen LogP contribution in [0.2, 0.25) is 0 Å². The van der Waals surface area contributed by atoms with Crippen molar-refractivity contribution in [3.63, 3.8) is 0 Å². The molecule has 0 unspecified atom stereocenters. The fourth-order valence-electron chi connectivity index (χ4n) is 2.01. The molecule has 1 aromatic heterocycles. The average Bonchev–Trinajstić information content (AvgIpc) is 2.80. The van der Waals surface area contributed by atoms with E-state index in [1.165, 1.54) is 5.56 Å². The van der Waals surface area contributed by atoms with Gasteiger partial charge in [0.05, 0.1) is 19.0 Å². The van der Waals surface area contributed by atoms with Crippen LogP contribution in [0.25, 0.3) is 11.1 Å². The molecule has 4 nitrogen and oxygen atoms in total. The Labute approximate surface area is 101 Å². The molecule has 2 aromatic rings. The van der Waals surface area contributed by atoms with Crippen molar-refractivity contribution in [1.82, 2.24) is 10.2 Å². The van der Waals surface area contributed by atoms with Gasteiger partial charge in [-0.3, -0.25) is 5.10 Å². The van der Waals surface area contributed by atoms with Gasteiger partial charge in [0.25, 0.3) is 0 Å². The van der Waals surface area contributed by atoms with Gasteiger partial charge in [-0.2, -0.15) is 5.10 Å². The minimum atomic E-state index is 0.458. The van der Waals surface area contributed by atoms with E-state index >= 15 is 0 Å². The Hall–Kier alpha value is -1.81. The number of hydrogen-bond donors (Lipinski definition) is 2. The molecule has 0 aliphatic heterocycles. The molecule has 0 amide bonds. The monoisotopic (exact) mass is 231 g/mol. The molecule has 0 atom stereocenters. The quantitative estimate of drug-likeness (QED) is 0.850. The highest BCUT2D eigenvalue weighted by atomic mass is 16.5. The summed E-state index contributed by atoms with van der Waals surface area (Å²) < 4.78 is 5.31. The number of nitrogens with zero attached hydrogens (tertiary/aromatic N) is 1. The fourth-order valence-corrected chi connectivity index (χ4v) is 2.01. The second-order valence-electron chi connectivity index (χ2n) is 4.03. The van der Waals surface area contributed by atoms with Crippen molar-refractivity contribution in [2.24, 2.45) is 5.73 Å². The van der Waals surface area contributed by atoms with Crippen molar-refractivity contribution in [1.29, 1.82) is 0 Å². The van der Waals surface area contributed by atoms with Gasteiger partial charge in [0.1, 0.15) is 5.75 Å². The normalized spacial score (nSPS) is 10.6. The summed E-state index contributed by atoms with van der Waals surface area (Å²) in [5.74, 6) is 0.907. The highest BCUT2D eigenvalue weighted by molar-refractivity contribution is 5.71. The Kier molecular flexibility index (Phi) is 3.15. The van der Waals surface area contributed by atoms with Gasteiger partial charge < -0.3 is 10.5 Å². The van der Waals surface area contributed by atoms with Gasteiger partial charge in [0, 0.05) is 12.1 Å². The van der Waals surface area contributed by atoms with Gasteiger partial charge in [-0.05, 0) is 36.6 Å². The molecule has 2 rings (SSSR count). The van der Waals surface area contributed by atoms with Crippen LogP contribution in [-0.2, 0) is 6.54 Å². The Balaban J connectivity index is 2.57. The third kappa shape index (κ3) is 1.91. The summed E-state index contributed by atoms with van der Waals surface area (Å²) >= 11 is 0. The molecule has 0 saturated heterocycles. The summed E-state index contributed by atoms with van der Waals surface area (Å²) in [6.45, 7) is 4.60. The Morgan fingerprint density at radius 2 is 2.00 bits per heavy atom. The van der Waals surface area contributed by atoms with Crippen LogP contribution in [0.15, 0.2) is 18.3 Å². The average molecular weight is 231 g/mol. The first-order chi connectivity index (χ1) is 8.19. The van der Waals surface area contributed by atoms with Crippen molar-refractivity contribution in [2.75, 3.05) is 7.11 Å². The van der Waals surface area contributed by atoms with Crippen molar-refractivity contribution in [3.8, 4) is 16.9 Å². The molecule has 4 heteroatoms. The minimum Gasteiger partial charge on any atom is -0.496 e. The molecule has 17 heavy (non-hydrogen) atoms. The van der Waals surface area contributed by atoms with Crippen LogP contribution in [0.1, 0.15) is 16.8 Å². The lowest BCUT2D eigenvalue weighted by Crippen LogP contribution is -2.00. The lowest BCUT2D eigenvalue weighted by atomic mass is 9.97. The molecule has 0 fully saturated rings. The first-order valence-corrected chi connectivity index (χ1v) is 5.56. The van der Waals surface area contributed by atoms with Crippen molar-refractivity contribution in [3.05, 3.63) is 35.2 Å². The second-order valence-corrected chi connectivity index (χ2v) is 4.03. The van der Waals surface area contributed by atoms with E-state index in [4.69, 9.17) is 10.5 Å². The summed E-state index contributed by atoms with van der Waals surface area (Å²) in [4.78, 5) is 0. The van der Waals surface area contributed by atoms with Crippen molar-refractivity contribution < 1.29 is 4.74 Å². The Morgan fingerprint density at radius 3 is 2.65 bits per heavy atom. The summed E-state index contributed by atoms with van der Waals surface area (Å²) in [7, 11) is 1.69. The first-order valence-electron chi connectivity index (χ1n) is 5.56. The van der Waals surface area contributed by atoms with E-state index in [1.54, 1.807) is 7.11 Å². The number of hydrogen-bond acceptors (Lipinski definition) is 3. The lowest BCUT2D eigenvalue weighted by molar-refractivity contribution is 0.411. The zero-order chi connectivity index (χ0) is 12.4. The molecule has 0 radical (unpaired) electrons. The van der Waals surface area contributed by atoms with Crippen LogP contribution in [-0.4, -0.2) is 17.3 Å². The zero-order valence-corrected chi connectivity index (χ0v) is 10.4. The third-order valence-corrected chi connectivity index (χ3v) is 3.17. The predicted octanol–water partition coefficient (Wildman–Crippen LogP) is 2.16. The number of nitrogens with two attached hydrogens (primary N) is 1. The van der Waals surface area contributed by atoms with E-state index in [-0.39, 0.29) is 0 Å². The van der Waals surface area contributed by atoms with Crippen LogP contribution in [0.4, 0.5) is 0 Å². The molecule has 0 bridgehead atoms. The molecule has 0 saturated carbocycles. The van der Waals surface area contributed by atoms with Crippen LogP contribution < -0.4 is 10.5 Å². The number of methoxy groups -OCH3 is 1. The van der Waals surface area contributed by atoms with Crippen molar-refractivity contribution >= 4 is 0 Å². The highest BCUT2D eigenvalue weighted by Crippen LogP contribution is 2.31. The smallest absolute Gasteiger partial charge is 0.122 e. The summed E-state index contributed by atoms with van der Waals surface area (Å²) in [6, 6.07) is 4.02. The summed E-state index contributed by atoms with van der Waals surface area (Å²) in [6.07, 6.45) is 1.82. The van der Waals surface area contributed by atoms with Gasteiger partial charge in [-0.1, -0.05) is 6.07 Å². The van der Waals surface area contributed by atoms with Gasteiger partial charge in [-0.15, -0.1) is 0 Å². The summed E-state index contributed by atoms with van der Waals surface area (Å²) in [5.41, 5.74) is 11.2. The third-order valence-electron chi connectivity index (χ3n) is 3.17. The topological polar surface area (TPSA) is 63.9 Å². The van der Waals surface area contributed by atoms with E-state index in [9.17, 15) is 0 Å². The number of benzene rings is 1. The molecule has 0 aliphatic rings.